The van der Waals surface area contributed by atoms with E-state index in [0.29, 0.717) is 0 Å². The summed E-state index contributed by atoms with van der Waals surface area (Å²) in [7, 11) is -4.94. The van der Waals surface area contributed by atoms with Gasteiger partial charge in [-0.05, 0) is 5.56 Å². The largest absolute Gasteiger partial charge is 0.236 e. The number of allylic oxidation sites excluding steroid dienone is 1. The average molecular weight is 320 g/mol. The summed E-state index contributed by atoms with van der Waals surface area (Å²) in [6, 6.07) is 10.0. The molecule has 1 aliphatic heterocycles. The molecule has 0 saturated carbocycles. The van der Waals surface area contributed by atoms with E-state index in [0.717, 1.165) is 23.7 Å². The predicted molar refractivity (Wildman–Crippen MR) is 65.6 cm³/mol. The van der Waals surface area contributed by atoms with E-state index in [1.165, 1.54) is 12.8 Å². The third-order valence-electron chi connectivity index (χ3n) is 2.62. The van der Waals surface area contributed by atoms with Crippen LogP contribution in [0.15, 0.2) is 36.4 Å². The molecule has 7 heteroatoms. The smallest absolute Gasteiger partial charge is 0.164 e. The van der Waals surface area contributed by atoms with Crippen LogP contribution in [0.5, 0.6) is 0 Å². The number of halogens is 2. The van der Waals surface area contributed by atoms with Gasteiger partial charge < -0.3 is 0 Å². The molecular weight excluding hydrogens is 305 g/mol. The molecule has 110 valence electrons. The first-order valence-electron chi connectivity index (χ1n) is 5.98. The second kappa shape index (κ2) is 8.36. The Morgan fingerprint density at radius 1 is 1.05 bits per heavy atom. The minimum atomic E-state index is -4.94. The maximum atomic E-state index is 8.49. The summed E-state index contributed by atoms with van der Waals surface area (Å²) in [4.78, 5) is 0. The number of hydrogen-bond acceptors (Lipinski definition) is 4. The van der Waals surface area contributed by atoms with Gasteiger partial charge in [0.25, 0.3) is 0 Å². The molecule has 1 heterocycles. The van der Waals surface area contributed by atoms with E-state index in [4.69, 9.17) is 30.2 Å². The summed E-state index contributed by atoms with van der Waals surface area (Å²) in [5, 5.41) is 0.808. The van der Waals surface area contributed by atoms with Crippen LogP contribution in [0.4, 0.5) is 0 Å². The van der Waals surface area contributed by atoms with E-state index >= 15 is 0 Å². The fourth-order valence-electron chi connectivity index (χ4n) is 1.76. The highest BCUT2D eigenvalue weighted by Gasteiger charge is 2.10. The second-order valence-electron chi connectivity index (χ2n) is 4.15. The Morgan fingerprint density at radius 3 is 2.05 bits per heavy atom. The first kappa shape index (κ1) is 17.1. The van der Waals surface area contributed by atoms with Gasteiger partial charge >= 0.3 is 0 Å². The highest BCUT2D eigenvalue weighted by Crippen LogP contribution is 2.17. The molecule has 0 bridgehead atoms. The molecular formula is C13H15Cl2NO4. The van der Waals surface area contributed by atoms with Gasteiger partial charge in [-0.25, -0.2) is 23.2 Å². The van der Waals surface area contributed by atoms with Crippen LogP contribution in [0.1, 0.15) is 18.4 Å². The Balaban J connectivity index is 0.000000347. The Bertz CT molecular complexity index is 455. The van der Waals surface area contributed by atoms with E-state index in [2.05, 4.69) is 10.8 Å². The summed E-state index contributed by atoms with van der Waals surface area (Å²) in [6.45, 7) is 2.32. The van der Waals surface area contributed by atoms with Gasteiger partial charge in [0.15, 0.2) is 6.21 Å². The molecule has 2 rings (SSSR count). The Labute approximate surface area is 124 Å². The molecule has 0 unspecified atom stereocenters. The van der Waals surface area contributed by atoms with Crippen LogP contribution < -0.4 is 18.6 Å². The molecule has 1 fully saturated rings. The molecule has 0 radical (unpaired) electrons. The molecule has 1 aliphatic rings. The monoisotopic (exact) mass is 319 g/mol. The SMILES string of the molecule is ClC(=CC=[N+]1CCCC1)c1ccccc1.[O-][Cl+3]([O-])([O-])[O-]. The van der Waals surface area contributed by atoms with Crippen molar-refractivity contribution < 1.29 is 33.5 Å². The number of rotatable bonds is 2. The van der Waals surface area contributed by atoms with Gasteiger partial charge in [0.2, 0.25) is 0 Å². The van der Waals surface area contributed by atoms with Crippen LogP contribution in [0.3, 0.4) is 0 Å². The molecule has 1 aromatic carbocycles. The highest BCUT2D eigenvalue weighted by molar-refractivity contribution is 6.49. The van der Waals surface area contributed by atoms with Crippen LogP contribution in [0.2, 0.25) is 0 Å². The van der Waals surface area contributed by atoms with Crippen molar-refractivity contribution in [1.29, 1.82) is 0 Å². The van der Waals surface area contributed by atoms with Gasteiger partial charge in [-0.2, -0.15) is 0 Å². The molecule has 20 heavy (non-hydrogen) atoms. The van der Waals surface area contributed by atoms with Crippen molar-refractivity contribution in [3.05, 3.63) is 42.0 Å². The molecule has 1 saturated heterocycles. The van der Waals surface area contributed by atoms with Gasteiger partial charge in [-0.1, -0.05) is 41.9 Å². The lowest BCUT2D eigenvalue weighted by molar-refractivity contribution is -2.00. The third-order valence-corrected chi connectivity index (χ3v) is 2.97. The maximum absolute atomic E-state index is 8.49. The zero-order valence-electron chi connectivity index (χ0n) is 10.7. The lowest BCUT2D eigenvalue weighted by Gasteiger charge is -2.17. The first-order chi connectivity index (χ1) is 9.36. The van der Waals surface area contributed by atoms with Gasteiger partial charge in [0.1, 0.15) is 13.1 Å². The van der Waals surface area contributed by atoms with Crippen LogP contribution in [0, 0.1) is 10.2 Å². The first-order valence-corrected chi connectivity index (χ1v) is 7.59. The van der Waals surface area contributed by atoms with E-state index in [9.17, 15) is 0 Å². The third kappa shape index (κ3) is 8.27. The second-order valence-corrected chi connectivity index (χ2v) is 5.31. The molecule has 0 N–H and O–H groups in total. The standard InChI is InChI=1S/C13H15ClN.ClHO4/c14-13(12-6-2-1-3-7-12)8-11-15-9-4-5-10-15;2-1(3,4)5/h1-3,6-8,11H,4-5,9-10H2;(H,2,3,4,5)/q+1;/p-1. The van der Waals surface area contributed by atoms with Gasteiger partial charge in [-0.15, -0.1) is 10.2 Å². The fraction of sp³-hybridized carbons (Fsp3) is 0.308. The molecule has 0 aliphatic carbocycles. The Morgan fingerprint density at radius 2 is 1.55 bits per heavy atom. The van der Waals surface area contributed by atoms with Crippen molar-refractivity contribution in [2.45, 2.75) is 12.8 Å². The van der Waals surface area contributed by atoms with E-state index in [-0.39, 0.29) is 0 Å². The zero-order valence-corrected chi connectivity index (χ0v) is 12.2. The zero-order chi connectivity index (χ0) is 15.0. The van der Waals surface area contributed by atoms with Crippen LogP contribution >= 0.6 is 11.6 Å². The summed E-state index contributed by atoms with van der Waals surface area (Å²) in [5.41, 5.74) is 1.08. The topological polar surface area (TPSA) is 95.2 Å². The minimum Gasteiger partial charge on any atom is -0.236 e. The van der Waals surface area contributed by atoms with Gasteiger partial charge in [0, 0.05) is 18.9 Å². The summed E-state index contributed by atoms with van der Waals surface area (Å²) in [6.07, 6.45) is 6.69. The maximum Gasteiger partial charge on any atom is 0.164 e. The van der Waals surface area contributed by atoms with Gasteiger partial charge in [-0.3, -0.25) is 0 Å². The highest BCUT2D eigenvalue weighted by atomic mass is 35.7. The lowest BCUT2D eigenvalue weighted by Crippen LogP contribution is -2.68. The molecule has 5 nitrogen and oxygen atoms in total. The quantitative estimate of drug-likeness (QED) is 0.613. The predicted octanol–water partition coefficient (Wildman–Crippen LogP) is -1.61. The fourth-order valence-corrected chi connectivity index (χ4v) is 1.94. The van der Waals surface area contributed by atoms with E-state index in [1.807, 2.05) is 36.4 Å². The Kier molecular flexibility index (Phi) is 7.15. The molecule has 0 spiro atoms. The normalized spacial score (nSPS) is 15.7. The van der Waals surface area contributed by atoms with Crippen molar-refractivity contribution in [1.82, 2.24) is 0 Å². The Hall–Kier alpha value is -0.950. The van der Waals surface area contributed by atoms with E-state index in [1.54, 1.807) is 0 Å². The number of hydrogen-bond donors (Lipinski definition) is 0. The number of benzene rings is 1. The van der Waals surface area contributed by atoms with Crippen LogP contribution in [0.25, 0.3) is 5.03 Å². The van der Waals surface area contributed by atoms with Crippen LogP contribution in [-0.4, -0.2) is 23.9 Å². The molecule has 0 amide bonds. The van der Waals surface area contributed by atoms with Crippen molar-refractivity contribution >= 4 is 22.8 Å². The molecule has 0 atom stereocenters. The summed E-state index contributed by atoms with van der Waals surface area (Å²) in [5.74, 6) is 0. The minimum absolute atomic E-state index is 0.808. The van der Waals surface area contributed by atoms with Crippen molar-refractivity contribution in [2.24, 2.45) is 0 Å². The van der Waals surface area contributed by atoms with Gasteiger partial charge in [0.05, 0.1) is 5.03 Å². The van der Waals surface area contributed by atoms with Crippen LogP contribution in [-0.2, 0) is 0 Å². The van der Waals surface area contributed by atoms with Crippen molar-refractivity contribution in [2.75, 3.05) is 13.1 Å². The molecule has 1 aromatic rings. The van der Waals surface area contributed by atoms with Crippen molar-refractivity contribution in [3.63, 3.8) is 0 Å². The number of nitrogens with zero attached hydrogens (tertiary/aromatic N) is 1. The molecule has 0 aromatic heterocycles. The van der Waals surface area contributed by atoms with E-state index < -0.39 is 10.2 Å². The summed E-state index contributed by atoms with van der Waals surface area (Å²) < 4.78 is 36.3. The lowest BCUT2D eigenvalue weighted by atomic mass is 10.2. The van der Waals surface area contributed by atoms with Crippen molar-refractivity contribution in [3.8, 4) is 0 Å². The summed E-state index contributed by atoms with van der Waals surface area (Å²) >= 11 is 6.19. The average Bonchev–Trinajstić information content (AvgIpc) is 2.88.